The first-order valence-electron chi connectivity index (χ1n) is 7.95. The van der Waals surface area contributed by atoms with Gasteiger partial charge in [0.05, 0.1) is 26.2 Å². The molecule has 0 saturated heterocycles. The maximum absolute atomic E-state index is 2.39. The maximum Gasteiger partial charge on any atom is 0.0809 e. The summed E-state index contributed by atoms with van der Waals surface area (Å²) >= 11 is 0. The van der Waals surface area contributed by atoms with E-state index in [9.17, 15) is 0 Å². The van der Waals surface area contributed by atoms with Gasteiger partial charge in [0.1, 0.15) is 0 Å². The number of unbranched alkanes of at least 4 members (excludes halogenated alkanes) is 3. The number of hydrogen-bond acceptors (Lipinski definition) is 0. The lowest BCUT2D eigenvalue weighted by atomic mass is 10.1. The van der Waals surface area contributed by atoms with Crippen LogP contribution in [-0.4, -0.2) is 30.7 Å². The molecule has 0 radical (unpaired) electrons. The second-order valence-corrected chi connectivity index (χ2v) is 6.15. The molecule has 0 rings (SSSR count). The van der Waals surface area contributed by atoms with Crippen LogP contribution < -0.4 is 0 Å². The quantitative estimate of drug-likeness (QED) is 0.454. The molecule has 0 N–H and O–H groups in total. The minimum absolute atomic E-state index is 0.834. The highest BCUT2D eigenvalue weighted by atomic mass is 15.3. The minimum Gasteiger partial charge on any atom is -0.323 e. The van der Waals surface area contributed by atoms with Gasteiger partial charge in [-0.25, -0.2) is 0 Å². The van der Waals surface area contributed by atoms with E-state index in [0.717, 1.165) is 5.92 Å². The Bertz CT molecular complexity index is 141. The molecule has 0 aliphatic rings. The van der Waals surface area contributed by atoms with E-state index in [1.54, 1.807) is 0 Å². The van der Waals surface area contributed by atoms with Gasteiger partial charge in [0, 0.05) is 5.92 Å². The zero-order chi connectivity index (χ0) is 13.1. The molecule has 104 valence electrons. The molecule has 0 atom stereocenters. The Morgan fingerprint density at radius 2 is 1.06 bits per heavy atom. The lowest BCUT2D eigenvalue weighted by Crippen LogP contribution is -2.52. The second kappa shape index (κ2) is 9.94. The molecule has 1 nitrogen and oxygen atoms in total. The Morgan fingerprint density at radius 3 is 1.29 bits per heavy atom. The van der Waals surface area contributed by atoms with E-state index in [4.69, 9.17) is 0 Å². The molecule has 0 aromatic heterocycles. The summed E-state index contributed by atoms with van der Waals surface area (Å²) in [6.07, 6.45) is 8.24. The molecule has 0 aliphatic carbocycles. The largest absolute Gasteiger partial charge is 0.323 e. The van der Waals surface area contributed by atoms with Gasteiger partial charge < -0.3 is 4.48 Å². The zero-order valence-corrected chi connectivity index (χ0v) is 13.1. The Kier molecular flexibility index (Phi) is 9.91. The third-order valence-electron chi connectivity index (χ3n) is 3.71. The normalized spacial score (nSPS) is 12.4. The van der Waals surface area contributed by atoms with Crippen molar-refractivity contribution in [3.8, 4) is 0 Å². The molecule has 0 saturated carbocycles. The average Bonchev–Trinajstić information content (AvgIpc) is 2.30. The molecule has 0 fully saturated rings. The number of nitrogens with zero attached hydrogens (tertiary/aromatic N) is 1. The Labute approximate surface area is 110 Å². The fourth-order valence-electron chi connectivity index (χ4n) is 2.86. The molecule has 0 bridgehead atoms. The predicted molar refractivity (Wildman–Crippen MR) is 79.3 cm³/mol. The predicted octanol–water partition coefficient (Wildman–Crippen LogP) is 4.86. The number of rotatable bonds is 11. The van der Waals surface area contributed by atoms with Crippen molar-refractivity contribution in [3.05, 3.63) is 0 Å². The molecule has 0 aliphatic heterocycles. The summed E-state index contributed by atoms with van der Waals surface area (Å²) in [4.78, 5) is 0. The third-order valence-corrected chi connectivity index (χ3v) is 3.71. The Hall–Kier alpha value is -0.0400. The van der Waals surface area contributed by atoms with E-state index in [2.05, 4.69) is 34.6 Å². The molecule has 0 spiro atoms. The smallest absolute Gasteiger partial charge is 0.0809 e. The molecule has 0 aromatic carbocycles. The Balaban J connectivity index is 4.51. The fraction of sp³-hybridized carbons (Fsp3) is 1.00. The van der Waals surface area contributed by atoms with Crippen molar-refractivity contribution in [3.63, 3.8) is 0 Å². The molecule has 1 heteroatoms. The van der Waals surface area contributed by atoms with Gasteiger partial charge in [-0.3, -0.25) is 0 Å². The minimum atomic E-state index is 0.834. The molecular formula is C16H36N+. The van der Waals surface area contributed by atoms with Crippen molar-refractivity contribution in [1.29, 1.82) is 0 Å². The first kappa shape index (κ1) is 17.0. The van der Waals surface area contributed by atoms with E-state index < -0.39 is 0 Å². The Morgan fingerprint density at radius 1 is 0.706 bits per heavy atom. The van der Waals surface area contributed by atoms with Crippen LogP contribution in [0.1, 0.15) is 73.1 Å². The van der Waals surface area contributed by atoms with Crippen LogP contribution in [0.3, 0.4) is 0 Å². The van der Waals surface area contributed by atoms with Gasteiger partial charge in [0.2, 0.25) is 0 Å². The van der Waals surface area contributed by atoms with Gasteiger partial charge in [-0.15, -0.1) is 0 Å². The SMILES string of the molecule is CCCC[N+](CCCC)(CCCC)CC(C)C. The lowest BCUT2D eigenvalue weighted by Gasteiger charge is -2.40. The number of hydrogen-bond donors (Lipinski definition) is 0. The summed E-state index contributed by atoms with van der Waals surface area (Å²) in [7, 11) is 0. The fourth-order valence-corrected chi connectivity index (χ4v) is 2.86. The van der Waals surface area contributed by atoms with Gasteiger partial charge in [-0.05, 0) is 19.3 Å². The van der Waals surface area contributed by atoms with E-state index >= 15 is 0 Å². The number of quaternary nitrogens is 1. The molecule has 17 heavy (non-hydrogen) atoms. The van der Waals surface area contributed by atoms with Gasteiger partial charge in [-0.1, -0.05) is 53.9 Å². The molecule has 0 aromatic rings. The first-order chi connectivity index (χ1) is 8.10. The van der Waals surface area contributed by atoms with E-state index in [0.29, 0.717) is 0 Å². The van der Waals surface area contributed by atoms with Crippen LogP contribution in [0.25, 0.3) is 0 Å². The van der Waals surface area contributed by atoms with Crippen molar-refractivity contribution in [1.82, 2.24) is 0 Å². The lowest BCUT2D eigenvalue weighted by molar-refractivity contribution is -0.931. The zero-order valence-electron chi connectivity index (χ0n) is 13.1. The van der Waals surface area contributed by atoms with Crippen molar-refractivity contribution in [2.45, 2.75) is 73.1 Å². The summed E-state index contributed by atoms with van der Waals surface area (Å²) in [5.74, 6) is 0.834. The van der Waals surface area contributed by atoms with Crippen molar-refractivity contribution in [2.24, 2.45) is 5.92 Å². The summed E-state index contributed by atoms with van der Waals surface area (Å²) in [6, 6.07) is 0. The summed E-state index contributed by atoms with van der Waals surface area (Å²) < 4.78 is 1.40. The summed E-state index contributed by atoms with van der Waals surface area (Å²) in [5, 5.41) is 0. The van der Waals surface area contributed by atoms with Crippen molar-refractivity contribution < 1.29 is 4.48 Å². The maximum atomic E-state index is 2.39. The van der Waals surface area contributed by atoms with Gasteiger partial charge in [0.25, 0.3) is 0 Å². The van der Waals surface area contributed by atoms with Crippen LogP contribution in [-0.2, 0) is 0 Å². The van der Waals surface area contributed by atoms with Gasteiger partial charge in [0.15, 0.2) is 0 Å². The first-order valence-corrected chi connectivity index (χ1v) is 7.95. The van der Waals surface area contributed by atoms with Crippen LogP contribution in [0.4, 0.5) is 0 Å². The van der Waals surface area contributed by atoms with Gasteiger partial charge >= 0.3 is 0 Å². The van der Waals surface area contributed by atoms with Crippen LogP contribution in [0.15, 0.2) is 0 Å². The van der Waals surface area contributed by atoms with Crippen LogP contribution in [0.5, 0.6) is 0 Å². The molecule has 0 heterocycles. The molecule has 0 unspecified atom stereocenters. The standard InChI is InChI=1S/C16H36N/c1-6-9-12-17(13-10-7-2,14-11-8-3)15-16(4)5/h16H,6-15H2,1-5H3/q+1. The topological polar surface area (TPSA) is 0 Å². The monoisotopic (exact) mass is 242 g/mol. The highest BCUT2D eigenvalue weighted by Gasteiger charge is 2.26. The summed E-state index contributed by atoms with van der Waals surface area (Å²) in [5.41, 5.74) is 0. The van der Waals surface area contributed by atoms with E-state index in [1.807, 2.05) is 0 Å². The van der Waals surface area contributed by atoms with Crippen LogP contribution >= 0.6 is 0 Å². The third kappa shape index (κ3) is 7.81. The van der Waals surface area contributed by atoms with Crippen molar-refractivity contribution in [2.75, 3.05) is 26.2 Å². The van der Waals surface area contributed by atoms with E-state index in [-0.39, 0.29) is 0 Å². The van der Waals surface area contributed by atoms with Crippen LogP contribution in [0, 0.1) is 5.92 Å². The van der Waals surface area contributed by atoms with Crippen molar-refractivity contribution >= 4 is 0 Å². The highest BCUT2D eigenvalue weighted by molar-refractivity contribution is 4.51. The van der Waals surface area contributed by atoms with Gasteiger partial charge in [-0.2, -0.15) is 0 Å². The molecule has 0 amide bonds. The highest BCUT2D eigenvalue weighted by Crippen LogP contribution is 2.17. The van der Waals surface area contributed by atoms with E-state index in [1.165, 1.54) is 69.2 Å². The average molecular weight is 242 g/mol. The van der Waals surface area contributed by atoms with Crippen LogP contribution in [0.2, 0.25) is 0 Å². The molecular weight excluding hydrogens is 206 g/mol. The second-order valence-electron chi connectivity index (χ2n) is 6.15. The summed E-state index contributed by atoms with van der Waals surface area (Å²) in [6.45, 7) is 17.4.